The molecule has 2 aromatic carbocycles. The monoisotopic (exact) mass is 332 g/mol. The molecule has 2 aromatic rings. The molecule has 0 aliphatic heterocycles. The Morgan fingerprint density at radius 1 is 1.10 bits per heavy atom. The van der Waals surface area contributed by atoms with Gasteiger partial charge < -0.3 is 4.74 Å². The Hall–Kier alpha value is -1.02. The first-order valence-corrected chi connectivity index (χ1v) is 8.41. The standard InChI is InChI=1S/C18H21BrO/c1-3-18(4-2)16(19)12-17(18)20-15-11-7-9-13-8-5-6-10-14(13)15/h5-11,16-17H,3-4,12H2,1-2H3. The molecule has 106 valence electrons. The number of fused-ring (bicyclic) bond motifs is 1. The van der Waals surface area contributed by atoms with Gasteiger partial charge in [-0.05, 0) is 30.7 Å². The average Bonchev–Trinajstić information content (AvgIpc) is 2.48. The van der Waals surface area contributed by atoms with E-state index in [1.54, 1.807) is 0 Å². The van der Waals surface area contributed by atoms with Crippen molar-refractivity contribution in [3.8, 4) is 5.75 Å². The Morgan fingerprint density at radius 3 is 2.50 bits per heavy atom. The third-order valence-electron chi connectivity index (χ3n) is 5.02. The number of alkyl halides is 1. The largest absolute Gasteiger partial charge is 0.489 e. The molecule has 0 heterocycles. The van der Waals surface area contributed by atoms with Crippen molar-refractivity contribution in [2.75, 3.05) is 0 Å². The lowest BCUT2D eigenvalue weighted by Gasteiger charge is -2.52. The van der Waals surface area contributed by atoms with Gasteiger partial charge in [0.25, 0.3) is 0 Å². The number of rotatable bonds is 4. The van der Waals surface area contributed by atoms with Crippen molar-refractivity contribution in [1.29, 1.82) is 0 Å². The SMILES string of the molecule is CCC1(CC)C(Br)CC1Oc1cccc2ccccc12. The fourth-order valence-electron chi connectivity index (χ4n) is 3.46. The smallest absolute Gasteiger partial charge is 0.127 e. The van der Waals surface area contributed by atoms with Crippen molar-refractivity contribution in [2.45, 2.75) is 44.0 Å². The summed E-state index contributed by atoms with van der Waals surface area (Å²) in [7, 11) is 0. The molecule has 1 saturated carbocycles. The first kappa shape index (κ1) is 13.9. The van der Waals surface area contributed by atoms with Gasteiger partial charge in [0, 0.05) is 15.6 Å². The normalized spacial score (nSPS) is 24.4. The van der Waals surface area contributed by atoms with Crippen LogP contribution in [0.25, 0.3) is 10.8 Å². The highest BCUT2D eigenvalue weighted by atomic mass is 79.9. The quantitative estimate of drug-likeness (QED) is 0.666. The molecule has 0 spiro atoms. The number of benzene rings is 2. The zero-order valence-electron chi connectivity index (χ0n) is 12.1. The molecule has 0 bridgehead atoms. The lowest BCUT2D eigenvalue weighted by atomic mass is 9.62. The van der Waals surface area contributed by atoms with E-state index in [9.17, 15) is 0 Å². The molecule has 1 fully saturated rings. The fourth-order valence-corrected chi connectivity index (χ4v) is 4.75. The minimum Gasteiger partial charge on any atom is -0.489 e. The molecule has 2 unspecified atom stereocenters. The maximum Gasteiger partial charge on any atom is 0.127 e. The van der Waals surface area contributed by atoms with Crippen LogP contribution in [0.5, 0.6) is 5.75 Å². The van der Waals surface area contributed by atoms with Gasteiger partial charge in [0.15, 0.2) is 0 Å². The Morgan fingerprint density at radius 2 is 1.80 bits per heavy atom. The van der Waals surface area contributed by atoms with Crippen LogP contribution < -0.4 is 4.74 Å². The minimum atomic E-state index is 0.289. The van der Waals surface area contributed by atoms with Crippen molar-refractivity contribution >= 4 is 26.7 Å². The zero-order chi connectivity index (χ0) is 14.2. The number of ether oxygens (including phenoxy) is 1. The highest BCUT2D eigenvalue weighted by molar-refractivity contribution is 9.09. The first-order chi connectivity index (χ1) is 9.71. The van der Waals surface area contributed by atoms with Crippen LogP contribution in [0, 0.1) is 5.41 Å². The van der Waals surface area contributed by atoms with Gasteiger partial charge >= 0.3 is 0 Å². The van der Waals surface area contributed by atoms with E-state index >= 15 is 0 Å². The van der Waals surface area contributed by atoms with E-state index in [1.807, 2.05) is 0 Å². The molecule has 20 heavy (non-hydrogen) atoms. The molecule has 2 atom stereocenters. The molecule has 0 radical (unpaired) electrons. The average molecular weight is 333 g/mol. The van der Waals surface area contributed by atoms with Crippen LogP contribution in [0.3, 0.4) is 0 Å². The van der Waals surface area contributed by atoms with E-state index in [-0.39, 0.29) is 5.41 Å². The molecule has 2 heteroatoms. The third kappa shape index (κ3) is 2.05. The molecular weight excluding hydrogens is 312 g/mol. The van der Waals surface area contributed by atoms with Crippen molar-refractivity contribution in [1.82, 2.24) is 0 Å². The van der Waals surface area contributed by atoms with Crippen LogP contribution in [0.2, 0.25) is 0 Å². The molecule has 0 saturated heterocycles. The fraction of sp³-hybridized carbons (Fsp3) is 0.444. The summed E-state index contributed by atoms with van der Waals surface area (Å²) in [6, 6.07) is 14.8. The van der Waals surface area contributed by atoms with Gasteiger partial charge in [-0.3, -0.25) is 0 Å². The molecular formula is C18H21BrO. The summed E-state index contributed by atoms with van der Waals surface area (Å²) in [5.74, 6) is 1.03. The lowest BCUT2D eigenvalue weighted by molar-refractivity contribution is -0.0402. The van der Waals surface area contributed by atoms with Crippen LogP contribution in [-0.4, -0.2) is 10.9 Å². The summed E-state index contributed by atoms with van der Waals surface area (Å²) < 4.78 is 6.40. The van der Waals surface area contributed by atoms with Gasteiger partial charge in [-0.15, -0.1) is 0 Å². The Kier molecular flexibility index (Phi) is 3.76. The Balaban J connectivity index is 1.91. The summed E-state index contributed by atoms with van der Waals surface area (Å²) in [5.41, 5.74) is 0.289. The van der Waals surface area contributed by atoms with E-state index in [2.05, 4.69) is 72.2 Å². The third-order valence-corrected chi connectivity index (χ3v) is 6.31. The molecule has 0 amide bonds. The maximum absolute atomic E-state index is 6.40. The van der Waals surface area contributed by atoms with E-state index in [0.29, 0.717) is 10.9 Å². The predicted molar refractivity (Wildman–Crippen MR) is 88.7 cm³/mol. The maximum atomic E-state index is 6.40. The number of halogens is 1. The number of hydrogen-bond donors (Lipinski definition) is 0. The van der Waals surface area contributed by atoms with Crippen molar-refractivity contribution in [2.24, 2.45) is 5.41 Å². The minimum absolute atomic E-state index is 0.289. The van der Waals surface area contributed by atoms with Gasteiger partial charge in [-0.2, -0.15) is 0 Å². The van der Waals surface area contributed by atoms with Crippen molar-refractivity contribution in [3.05, 3.63) is 42.5 Å². The summed E-state index contributed by atoms with van der Waals surface area (Å²) in [6.07, 6.45) is 3.75. The lowest BCUT2D eigenvalue weighted by Crippen LogP contribution is -2.56. The van der Waals surface area contributed by atoms with E-state index < -0.39 is 0 Å². The molecule has 1 nitrogen and oxygen atoms in total. The van der Waals surface area contributed by atoms with Crippen molar-refractivity contribution < 1.29 is 4.74 Å². The molecule has 1 aliphatic carbocycles. The van der Waals surface area contributed by atoms with E-state index in [4.69, 9.17) is 4.74 Å². The zero-order valence-corrected chi connectivity index (χ0v) is 13.7. The van der Waals surface area contributed by atoms with Crippen LogP contribution in [0.1, 0.15) is 33.1 Å². The van der Waals surface area contributed by atoms with Crippen LogP contribution in [0.4, 0.5) is 0 Å². The van der Waals surface area contributed by atoms with Gasteiger partial charge in [0.2, 0.25) is 0 Å². The van der Waals surface area contributed by atoms with Gasteiger partial charge in [0.1, 0.15) is 11.9 Å². The first-order valence-electron chi connectivity index (χ1n) is 7.49. The van der Waals surface area contributed by atoms with E-state index in [0.717, 1.165) is 25.0 Å². The van der Waals surface area contributed by atoms with E-state index in [1.165, 1.54) is 10.8 Å². The second-order valence-corrected chi connectivity index (χ2v) is 6.83. The highest BCUT2D eigenvalue weighted by Gasteiger charge is 2.53. The second kappa shape index (κ2) is 5.40. The Labute approximate surface area is 129 Å². The molecule has 1 aliphatic rings. The summed E-state index contributed by atoms with van der Waals surface area (Å²) in [6.45, 7) is 4.55. The summed E-state index contributed by atoms with van der Waals surface area (Å²) in [5, 5.41) is 2.47. The summed E-state index contributed by atoms with van der Waals surface area (Å²) in [4.78, 5) is 0.588. The second-order valence-electron chi connectivity index (χ2n) is 5.73. The topological polar surface area (TPSA) is 9.23 Å². The van der Waals surface area contributed by atoms with Gasteiger partial charge in [0.05, 0.1) is 0 Å². The van der Waals surface area contributed by atoms with Crippen molar-refractivity contribution in [3.63, 3.8) is 0 Å². The summed E-state index contributed by atoms with van der Waals surface area (Å²) >= 11 is 3.83. The van der Waals surface area contributed by atoms with Gasteiger partial charge in [-0.1, -0.05) is 66.2 Å². The Bertz CT molecular complexity index is 598. The molecule has 0 N–H and O–H groups in total. The van der Waals surface area contributed by atoms with Crippen LogP contribution in [-0.2, 0) is 0 Å². The molecule has 0 aromatic heterocycles. The molecule has 3 rings (SSSR count). The number of hydrogen-bond acceptors (Lipinski definition) is 1. The van der Waals surface area contributed by atoms with Gasteiger partial charge in [-0.25, -0.2) is 0 Å². The van der Waals surface area contributed by atoms with Crippen LogP contribution in [0.15, 0.2) is 42.5 Å². The predicted octanol–water partition coefficient (Wildman–Crippen LogP) is 5.56. The van der Waals surface area contributed by atoms with Crippen LogP contribution >= 0.6 is 15.9 Å². The highest BCUT2D eigenvalue weighted by Crippen LogP contribution is 2.53.